The zero-order chi connectivity index (χ0) is 10.7. The quantitative estimate of drug-likeness (QED) is 0.811. The molecule has 1 rings (SSSR count). The largest absolute Gasteiger partial charge is 0.391 e. The predicted molar refractivity (Wildman–Crippen MR) is 58.7 cm³/mol. The van der Waals surface area contributed by atoms with Gasteiger partial charge in [0.25, 0.3) is 0 Å². The molecule has 0 saturated heterocycles. The Bertz CT molecular complexity index is 315. The van der Waals surface area contributed by atoms with E-state index in [0.29, 0.717) is 5.02 Å². The highest BCUT2D eigenvalue weighted by Crippen LogP contribution is 2.22. The molecule has 2 N–H and O–H groups in total. The van der Waals surface area contributed by atoms with Crippen molar-refractivity contribution in [2.75, 3.05) is 5.32 Å². The number of nitrogens with zero attached hydrogens (tertiary/aromatic N) is 1. The number of halogens is 1. The first-order valence-electron chi connectivity index (χ1n) is 4.57. The minimum atomic E-state index is -0.409. The first-order valence-corrected chi connectivity index (χ1v) is 4.95. The number of aliphatic hydroxyl groups excluding tert-OH is 1. The van der Waals surface area contributed by atoms with E-state index in [9.17, 15) is 5.11 Å². The fraction of sp³-hybridized carbons (Fsp3) is 0.500. The molecule has 0 spiro atoms. The molecule has 0 radical (unpaired) electrons. The normalized spacial score (nSPS) is 14.9. The van der Waals surface area contributed by atoms with E-state index in [-0.39, 0.29) is 6.04 Å². The van der Waals surface area contributed by atoms with E-state index in [1.165, 1.54) is 0 Å². The minimum absolute atomic E-state index is 0.0195. The van der Waals surface area contributed by atoms with Crippen LogP contribution in [0.1, 0.15) is 19.4 Å². The summed E-state index contributed by atoms with van der Waals surface area (Å²) < 4.78 is 0. The van der Waals surface area contributed by atoms with Gasteiger partial charge >= 0.3 is 0 Å². The van der Waals surface area contributed by atoms with E-state index in [1.54, 1.807) is 19.3 Å². The van der Waals surface area contributed by atoms with E-state index in [0.717, 1.165) is 11.3 Å². The van der Waals surface area contributed by atoms with Crippen molar-refractivity contribution < 1.29 is 5.11 Å². The van der Waals surface area contributed by atoms with Crippen LogP contribution in [0.5, 0.6) is 0 Å². The van der Waals surface area contributed by atoms with Gasteiger partial charge in [-0.1, -0.05) is 11.6 Å². The Balaban J connectivity index is 2.82. The fourth-order valence-corrected chi connectivity index (χ4v) is 1.17. The van der Waals surface area contributed by atoms with Crippen LogP contribution in [-0.2, 0) is 0 Å². The van der Waals surface area contributed by atoms with Crippen molar-refractivity contribution in [2.45, 2.75) is 32.9 Å². The summed E-state index contributed by atoms with van der Waals surface area (Å²) in [5, 5.41) is 13.1. The van der Waals surface area contributed by atoms with E-state index in [1.807, 2.05) is 13.8 Å². The summed E-state index contributed by atoms with van der Waals surface area (Å²) in [5.41, 5.74) is 1.82. The Hall–Kier alpha value is -0.800. The summed E-state index contributed by atoms with van der Waals surface area (Å²) in [6.07, 6.45) is 2.91. The van der Waals surface area contributed by atoms with Crippen LogP contribution in [0.25, 0.3) is 0 Å². The molecule has 78 valence electrons. The summed E-state index contributed by atoms with van der Waals surface area (Å²) in [7, 11) is 0. The Kier molecular flexibility index (Phi) is 3.72. The number of anilines is 1. The molecule has 0 saturated carbocycles. The molecule has 2 unspecified atom stereocenters. The van der Waals surface area contributed by atoms with Crippen molar-refractivity contribution in [1.29, 1.82) is 0 Å². The van der Waals surface area contributed by atoms with Gasteiger partial charge in [0.1, 0.15) is 0 Å². The topological polar surface area (TPSA) is 45.2 Å². The van der Waals surface area contributed by atoms with Crippen molar-refractivity contribution in [3.63, 3.8) is 0 Å². The number of pyridine rings is 1. The lowest BCUT2D eigenvalue weighted by atomic mass is 10.2. The van der Waals surface area contributed by atoms with Crippen LogP contribution < -0.4 is 5.32 Å². The third kappa shape index (κ3) is 2.59. The molecule has 4 heteroatoms. The average Bonchev–Trinajstić information content (AvgIpc) is 2.12. The zero-order valence-electron chi connectivity index (χ0n) is 8.58. The van der Waals surface area contributed by atoms with Crippen LogP contribution in [-0.4, -0.2) is 22.2 Å². The highest BCUT2D eigenvalue weighted by atomic mass is 35.5. The Morgan fingerprint density at radius 3 is 2.64 bits per heavy atom. The molecule has 14 heavy (non-hydrogen) atoms. The molecule has 1 heterocycles. The van der Waals surface area contributed by atoms with Crippen molar-refractivity contribution in [3.8, 4) is 0 Å². The molecule has 0 fully saturated rings. The van der Waals surface area contributed by atoms with Crippen molar-refractivity contribution >= 4 is 17.3 Å². The summed E-state index contributed by atoms with van der Waals surface area (Å²) in [5.74, 6) is 0. The standard InChI is InChI=1S/C10H15ClN2O/c1-6-9(11)4-12-5-10(6)13-7(2)8(3)14/h4-5,7-8,13-14H,1-3H3. The van der Waals surface area contributed by atoms with E-state index < -0.39 is 6.10 Å². The zero-order valence-corrected chi connectivity index (χ0v) is 9.34. The molecule has 3 nitrogen and oxygen atoms in total. The summed E-state index contributed by atoms with van der Waals surface area (Å²) in [6.45, 7) is 5.57. The molecule has 0 aliphatic rings. The second-order valence-corrected chi connectivity index (χ2v) is 3.87. The van der Waals surface area contributed by atoms with Crippen molar-refractivity contribution in [1.82, 2.24) is 4.98 Å². The molecule has 0 amide bonds. The maximum Gasteiger partial charge on any atom is 0.0710 e. The maximum absolute atomic E-state index is 9.33. The molecular weight excluding hydrogens is 200 g/mol. The second kappa shape index (κ2) is 4.62. The smallest absolute Gasteiger partial charge is 0.0710 e. The molecule has 1 aromatic rings. The van der Waals surface area contributed by atoms with Gasteiger partial charge in [-0.2, -0.15) is 0 Å². The van der Waals surface area contributed by atoms with Crippen LogP contribution >= 0.6 is 11.6 Å². The van der Waals surface area contributed by atoms with Crippen molar-refractivity contribution in [2.24, 2.45) is 0 Å². The Labute approximate surface area is 89.1 Å². The first kappa shape index (κ1) is 11.3. The lowest BCUT2D eigenvalue weighted by Gasteiger charge is -2.19. The predicted octanol–water partition coefficient (Wildman–Crippen LogP) is 2.22. The molecule has 1 aromatic heterocycles. The third-order valence-corrected chi connectivity index (χ3v) is 2.64. The first-order chi connectivity index (χ1) is 6.52. The lowest BCUT2D eigenvalue weighted by molar-refractivity contribution is 0.178. The van der Waals surface area contributed by atoms with Gasteiger partial charge < -0.3 is 10.4 Å². The number of hydrogen-bond acceptors (Lipinski definition) is 3. The third-order valence-electron chi connectivity index (χ3n) is 2.26. The average molecular weight is 215 g/mol. The minimum Gasteiger partial charge on any atom is -0.391 e. The van der Waals surface area contributed by atoms with Crippen LogP contribution in [0.3, 0.4) is 0 Å². The van der Waals surface area contributed by atoms with Gasteiger partial charge in [-0.3, -0.25) is 4.98 Å². The van der Waals surface area contributed by atoms with Gasteiger partial charge in [-0.15, -0.1) is 0 Å². The van der Waals surface area contributed by atoms with Gasteiger partial charge in [0.05, 0.1) is 23.0 Å². The highest BCUT2D eigenvalue weighted by Gasteiger charge is 2.10. The molecule has 2 atom stereocenters. The summed E-state index contributed by atoms with van der Waals surface area (Å²) >= 11 is 5.91. The Morgan fingerprint density at radius 2 is 2.07 bits per heavy atom. The Morgan fingerprint density at radius 1 is 1.43 bits per heavy atom. The lowest BCUT2D eigenvalue weighted by Crippen LogP contribution is -2.28. The summed E-state index contributed by atoms with van der Waals surface area (Å²) in [6, 6.07) is -0.0195. The maximum atomic E-state index is 9.33. The van der Waals surface area contributed by atoms with Crippen LogP contribution in [0.2, 0.25) is 5.02 Å². The fourth-order valence-electron chi connectivity index (χ4n) is 1.01. The number of hydrogen-bond donors (Lipinski definition) is 2. The van der Waals surface area contributed by atoms with E-state index in [4.69, 9.17) is 11.6 Å². The van der Waals surface area contributed by atoms with E-state index in [2.05, 4.69) is 10.3 Å². The molecule has 0 aromatic carbocycles. The number of nitrogens with one attached hydrogen (secondary N) is 1. The number of aliphatic hydroxyl groups is 1. The SMILES string of the molecule is Cc1c(Cl)cncc1NC(C)C(C)O. The molecule has 0 bridgehead atoms. The van der Waals surface area contributed by atoms with Gasteiger partial charge in [0, 0.05) is 12.2 Å². The van der Waals surface area contributed by atoms with Crippen LogP contribution in [0, 0.1) is 6.92 Å². The van der Waals surface area contributed by atoms with Gasteiger partial charge in [0.2, 0.25) is 0 Å². The number of aromatic nitrogens is 1. The van der Waals surface area contributed by atoms with Crippen molar-refractivity contribution in [3.05, 3.63) is 23.0 Å². The molecule has 0 aliphatic heterocycles. The summed E-state index contributed by atoms with van der Waals surface area (Å²) in [4.78, 5) is 3.98. The van der Waals surface area contributed by atoms with Gasteiger partial charge in [0.15, 0.2) is 0 Å². The van der Waals surface area contributed by atoms with Crippen LogP contribution in [0.15, 0.2) is 12.4 Å². The van der Waals surface area contributed by atoms with Crippen LogP contribution in [0.4, 0.5) is 5.69 Å². The second-order valence-electron chi connectivity index (χ2n) is 3.47. The molecular formula is C10H15ClN2O. The monoisotopic (exact) mass is 214 g/mol. The van der Waals surface area contributed by atoms with E-state index >= 15 is 0 Å². The van der Waals surface area contributed by atoms with Gasteiger partial charge in [-0.25, -0.2) is 0 Å². The molecule has 0 aliphatic carbocycles. The highest BCUT2D eigenvalue weighted by molar-refractivity contribution is 6.31. The number of rotatable bonds is 3. The van der Waals surface area contributed by atoms with Gasteiger partial charge in [-0.05, 0) is 26.3 Å².